The first-order valence-corrected chi connectivity index (χ1v) is 10.5. The quantitative estimate of drug-likeness (QED) is 0.598. The third kappa shape index (κ3) is 5.49. The highest BCUT2D eigenvalue weighted by molar-refractivity contribution is 5.94. The number of hydrogen-bond acceptors (Lipinski definition) is 4. The molecule has 0 saturated carbocycles. The number of halogens is 1. The first-order valence-electron chi connectivity index (χ1n) is 10.5. The zero-order chi connectivity index (χ0) is 22.3. The fourth-order valence-electron chi connectivity index (χ4n) is 3.60. The summed E-state index contributed by atoms with van der Waals surface area (Å²) in [5.41, 5.74) is 2.26. The normalized spacial score (nSPS) is 13.7. The number of hydrogen-bond donors (Lipinski definition) is 0. The van der Waals surface area contributed by atoms with Crippen molar-refractivity contribution in [3.05, 3.63) is 95.6 Å². The Kier molecular flexibility index (Phi) is 6.75. The number of nitrogens with zero attached hydrogens (tertiary/aromatic N) is 3. The minimum atomic E-state index is -0.291. The molecular formula is C25H24FN3O3. The number of carbonyl (C=O) groups excluding carboxylic acids is 2. The standard InChI is InChI=1S/C25H24FN3O3/c26-22-8-6-19(7-9-22)18-32-23-5-1-4-21(16-23)25(31)29-13-11-28(12-14-29)24(30)15-20-3-2-10-27-17-20/h1-10,16-17H,11-15,18H2. The molecule has 0 aliphatic carbocycles. The highest BCUT2D eigenvalue weighted by atomic mass is 19.1. The third-order valence-corrected chi connectivity index (χ3v) is 5.40. The van der Waals surface area contributed by atoms with Gasteiger partial charge in [0.05, 0.1) is 6.42 Å². The summed E-state index contributed by atoms with van der Waals surface area (Å²) < 4.78 is 18.8. The Morgan fingerprint density at radius 1 is 0.906 bits per heavy atom. The molecule has 0 radical (unpaired) electrons. The third-order valence-electron chi connectivity index (χ3n) is 5.40. The maximum Gasteiger partial charge on any atom is 0.254 e. The molecule has 4 rings (SSSR count). The van der Waals surface area contributed by atoms with Crippen molar-refractivity contribution in [3.8, 4) is 5.75 Å². The van der Waals surface area contributed by atoms with Crippen molar-refractivity contribution in [3.63, 3.8) is 0 Å². The van der Waals surface area contributed by atoms with Crippen LogP contribution in [0.15, 0.2) is 73.1 Å². The number of pyridine rings is 1. The summed E-state index contributed by atoms with van der Waals surface area (Å²) >= 11 is 0. The molecule has 2 amide bonds. The number of carbonyl (C=O) groups is 2. The zero-order valence-corrected chi connectivity index (χ0v) is 17.6. The highest BCUT2D eigenvalue weighted by Crippen LogP contribution is 2.18. The van der Waals surface area contributed by atoms with Gasteiger partial charge in [-0.3, -0.25) is 14.6 Å². The number of piperazine rings is 1. The maximum atomic E-state index is 13.0. The highest BCUT2D eigenvalue weighted by Gasteiger charge is 2.25. The van der Waals surface area contributed by atoms with Gasteiger partial charge in [-0.25, -0.2) is 4.39 Å². The van der Waals surface area contributed by atoms with Gasteiger partial charge < -0.3 is 14.5 Å². The largest absolute Gasteiger partial charge is 0.489 e. The minimum absolute atomic E-state index is 0.0429. The van der Waals surface area contributed by atoms with Crippen LogP contribution in [0, 0.1) is 5.82 Å². The molecular weight excluding hydrogens is 409 g/mol. The summed E-state index contributed by atoms with van der Waals surface area (Å²) in [6.07, 6.45) is 3.69. The van der Waals surface area contributed by atoms with Crippen LogP contribution in [0.3, 0.4) is 0 Å². The van der Waals surface area contributed by atoms with Crippen molar-refractivity contribution in [2.24, 2.45) is 0 Å². The summed E-state index contributed by atoms with van der Waals surface area (Å²) in [4.78, 5) is 33.1. The summed E-state index contributed by atoms with van der Waals surface area (Å²) in [6, 6.07) is 16.8. The van der Waals surface area contributed by atoms with Crippen LogP contribution < -0.4 is 4.74 Å². The van der Waals surface area contributed by atoms with Crippen molar-refractivity contribution in [1.82, 2.24) is 14.8 Å². The molecule has 0 unspecified atom stereocenters. The molecule has 164 valence electrons. The lowest BCUT2D eigenvalue weighted by molar-refractivity contribution is -0.131. The SMILES string of the molecule is O=C(Cc1cccnc1)N1CCN(C(=O)c2cccc(OCc3ccc(F)cc3)c2)CC1. The zero-order valence-electron chi connectivity index (χ0n) is 17.6. The van der Waals surface area contributed by atoms with E-state index in [2.05, 4.69) is 4.98 Å². The molecule has 0 atom stereocenters. The molecule has 1 aliphatic heterocycles. The summed E-state index contributed by atoms with van der Waals surface area (Å²) in [6.45, 7) is 2.27. The van der Waals surface area contributed by atoms with Crippen molar-refractivity contribution in [1.29, 1.82) is 0 Å². The van der Waals surface area contributed by atoms with E-state index >= 15 is 0 Å². The Hall–Kier alpha value is -3.74. The predicted octanol–water partition coefficient (Wildman–Crippen LogP) is 3.33. The van der Waals surface area contributed by atoms with Crippen LogP contribution in [0.5, 0.6) is 5.75 Å². The Bertz CT molecular complexity index is 1070. The summed E-state index contributed by atoms with van der Waals surface area (Å²) in [5, 5.41) is 0. The first-order chi connectivity index (χ1) is 15.6. The van der Waals surface area contributed by atoms with E-state index in [1.165, 1.54) is 12.1 Å². The Labute approximate surface area is 186 Å². The van der Waals surface area contributed by atoms with Gasteiger partial charge in [0.1, 0.15) is 18.2 Å². The molecule has 0 spiro atoms. The first kappa shape index (κ1) is 21.5. The molecule has 0 N–H and O–H groups in total. The van der Waals surface area contributed by atoms with Gasteiger partial charge in [-0.05, 0) is 47.5 Å². The molecule has 32 heavy (non-hydrogen) atoms. The lowest BCUT2D eigenvalue weighted by Crippen LogP contribution is -2.51. The maximum absolute atomic E-state index is 13.0. The molecule has 6 nitrogen and oxygen atoms in total. The van der Waals surface area contributed by atoms with Gasteiger partial charge in [0.15, 0.2) is 0 Å². The second-order valence-corrected chi connectivity index (χ2v) is 7.65. The Morgan fingerprint density at radius 3 is 2.38 bits per heavy atom. The molecule has 3 aromatic rings. The second kappa shape index (κ2) is 10.0. The van der Waals surface area contributed by atoms with E-state index in [1.54, 1.807) is 58.6 Å². The number of ether oxygens (including phenoxy) is 1. The van der Waals surface area contributed by atoms with Crippen molar-refractivity contribution < 1.29 is 18.7 Å². The number of amides is 2. The average molecular weight is 433 g/mol. The molecule has 1 fully saturated rings. The van der Waals surface area contributed by atoms with Crippen molar-refractivity contribution >= 4 is 11.8 Å². The predicted molar refractivity (Wildman–Crippen MR) is 118 cm³/mol. The second-order valence-electron chi connectivity index (χ2n) is 7.65. The van der Waals surface area contributed by atoms with E-state index < -0.39 is 0 Å². The lowest BCUT2D eigenvalue weighted by atomic mass is 10.1. The van der Waals surface area contributed by atoms with Crippen LogP contribution in [-0.2, 0) is 17.8 Å². The number of aromatic nitrogens is 1. The van der Waals surface area contributed by atoms with E-state index in [0.717, 1.165) is 11.1 Å². The van der Waals surface area contributed by atoms with Crippen LogP contribution in [0.1, 0.15) is 21.5 Å². The molecule has 2 aromatic carbocycles. The van der Waals surface area contributed by atoms with Crippen LogP contribution in [0.4, 0.5) is 4.39 Å². The van der Waals surface area contributed by atoms with E-state index in [1.807, 2.05) is 12.1 Å². The van der Waals surface area contributed by atoms with E-state index in [0.29, 0.717) is 43.9 Å². The van der Waals surface area contributed by atoms with Gasteiger partial charge in [-0.15, -0.1) is 0 Å². The van der Waals surface area contributed by atoms with E-state index in [4.69, 9.17) is 4.74 Å². The Balaban J connectivity index is 1.30. The van der Waals surface area contributed by atoms with Crippen LogP contribution >= 0.6 is 0 Å². The minimum Gasteiger partial charge on any atom is -0.489 e. The fraction of sp³-hybridized carbons (Fsp3) is 0.240. The van der Waals surface area contributed by atoms with Crippen molar-refractivity contribution in [2.45, 2.75) is 13.0 Å². The number of benzene rings is 2. The van der Waals surface area contributed by atoms with Gasteiger partial charge in [0, 0.05) is 44.1 Å². The molecule has 1 saturated heterocycles. The van der Waals surface area contributed by atoms with Crippen LogP contribution in [-0.4, -0.2) is 52.8 Å². The molecule has 1 aliphatic rings. The number of rotatable bonds is 6. The van der Waals surface area contributed by atoms with Gasteiger partial charge >= 0.3 is 0 Å². The van der Waals surface area contributed by atoms with Gasteiger partial charge in [0.25, 0.3) is 5.91 Å². The van der Waals surface area contributed by atoms with E-state index in [-0.39, 0.29) is 24.2 Å². The molecule has 0 bridgehead atoms. The van der Waals surface area contributed by atoms with Crippen LogP contribution in [0.2, 0.25) is 0 Å². The average Bonchev–Trinajstić information content (AvgIpc) is 2.84. The monoisotopic (exact) mass is 433 g/mol. The molecule has 7 heteroatoms. The van der Waals surface area contributed by atoms with E-state index in [9.17, 15) is 14.0 Å². The van der Waals surface area contributed by atoms with Crippen molar-refractivity contribution in [2.75, 3.05) is 26.2 Å². The van der Waals surface area contributed by atoms with Gasteiger partial charge in [-0.2, -0.15) is 0 Å². The summed E-state index contributed by atoms with van der Waals surface area (Å²) in [5.74, 6) is 0.239. The van der Waals surface area contributed by atoms with Gasteiger partial charge in [-0.1, -0.05) is 24.3 Å². The fourth-order valence-corrected chi connectivity index (χ4v) is 3.60. The molecule has 1 aromatic heterocycles. The van der Waals surface area contributed by atoms with Crippen LogP contribution in [0.25, 0.3) is 0 Å². The van der Waals surface area contributed by atoms with Gasteiger partial charge in [0.2, 0.25) is 5.91 Å². The summed E-state index contributed by atoms with van der Waals surface area (Å²) in [7, 11) is 0. The lowest BCUT2D eigenvalue weighted by Gasteiger charge is -2.35. The molecule has 2 heterocycles. The Morgan fingerprint density at radius 2 is 1.66 bits per heavy atom. The smallest absolute Gasteiger partial charge is 0.254 e. The topological polar surface area (TPSA) is 62.7 Å².